The smallest absolute Gasteiger partial charge is 0.523 e. The van der Waals surface area contributed by atoms with Gasteiger partial charge in [0.15, 0.2) is 0 Å². The number of ketones is 6. The number of pyridine rings is 2. The number of amidine groups is 2. The summed E-state index contributed by atoms with van der Waals surface area (Å²) in [6, 6.07) is 10.4. The van der Waals surface area contributed by atoms with E-state index in [0.29, 0.717) is 11.4 Å². The van der Waals surface area contributed by atoms with Crippen LogP contribution in [0.5, 0.6) is 0 Å². The number of hydrogen-bond acceptors (Lipinski definition) is 18. The summed E-state index contributed by atoms with van der Waals surface area (Å²) < 4.78 is 410. The maximum Gasteiger partial charge on any atom is 0.523 e. The van der Waals surface area contributed by atoms with Crippen LogP contribution >= 0.6 is 0 Å². The fraction of sp³-hybridized carbons (Fsp3) is 0.516. The summed E-state index contributed by atoms with van der Waals surface area (Å²) >= 11 is 0. The van der Waals surface area contributed by atoms with Crippen LogP contribution in [0.25, 0.3) is 0 Å². The van der Waals surface area contributed by atoms with E-state index in [9.17, 15) is 238 Å². The van der Waals surface area contributed by atoms with Gasteiger partial charge in [-0.05, 0) is 95.3 Å². The van der Waals surface area contributed by atoms with Gasteiger partial charge < -0.3 is 41.1 Å². The molecule has 4 heterocycles. The molecule has 0 spiro atoms. The summed E-state index contributed by atoms with van der Waals surface area (Å²) in [5.41, 5.74) is -2.33. The normalized spacial score (nSPS) is 16.0. The Morgan fingerprint density at radius 2 is 0.451 bits per heavy atom. The molecule has 2 aromatic rings. The van der Waals surface area contributed by atoms with E-state index >= 15 is 0 Å². The maximum absolute atomic E-state index is 12.3. The van der Waals surface area contributed by atoms with E-state index < -0.39 is 202 Å². The first-order chi connectivity index (χ1) is 52.8. The van der Waals surface area contributed by atoms with Crippen LogP contribution < -0.4 is 30.6 Å². The second-order valence-electron chi connectivity index (χ2n) is 24.1. The summed E-state index contributed by atoms with van der Waals surface area (Å²) in [4.78, 5) is 91.6. The van der Waals surface area contributed by atoms with E-state index in [1.54, 1.807) is 104 Å². The Labute approximate surface area is 721 Å². The Morgan fingerprint density at radius 3 is 0.549 bits per heavy atom. The van der Waals surface area contributed by atoms with Crippen LogP contribution in [-0.4, -0.2) is 172 Å². The van der Waals surface area contributed by atoms with Crippen molar-refractivity contribution in [3.8, 4) is 0 Å². The van der Waals surface area contributed by atoms with Gasteiger partial charge in [0, 0.05) is 155 Å². The molecule has 2 aliphatic heterocycles. The molecule has 4 rings (SSSR count). The number of allylic oxidation sites excluding steroid dienone is 12. The van der Waals surface area contributed by atoms with Crippen LogP contribution in [0.2, 0.25) is 0 Å². The van der Waals surface area contributed by atoms with Gasteiger partial charge in [-0.15, -0.1) is 9.48 Å². The van der Waals surface area contributed by atoms with Crippen molar-refractivity contribution in [3.63, 3.8) is 0 Å². The number of unbranched alkanes of at least 4 members (excludes halogenated alkanes) is 5. The van der Waals surface area contributed by atoms with Gasteiger partial charge in [-0.25, -0.2) is 9.97 Å². The van der Waals surface area contributed by atoms with Gasteiger partial charge in [0.05, 0.1) is 0 Å². The predicted octanol–water partition coefficient (Wildman–Crippen LogP) is 12.3. The molecule has 60 heteroatoms. The summed E-state index contributed by atoms with van der Waals surface area (Å²) in [5, 5.41) is 83.4. The predicted molar refractivity (Wildman–Crippen MR) is 318 cm³/mol. The van der Waals surface area contributed by atoms with E-state index in [-0.39, 0.29) is 88.9 Å². The Hall–Kier alpha value is -8.25. The Balaban J connectivity index is -0.000000245. The minimum atomic E-state index is -5.46. The van der Waals surface area contributed by atoms with E-state index in [0.717, 1.165) is 19.0 Å². The first-order valence-electron chi connectivity index (χ1n) is 30.7. The second kappa shape index (κ2) is 48.9. The molecule has 0 aromatic carbocycles. The first-order valence-corrected chi connectivity index (χ1v) is 30.7. The molecule has 704 valence electrons. The van der Waals surface area contributed by atoms with Crippen molar-refractivity contribution < 1.29 is 314 Å². The fourth-order valence-electron chi connectivity index (χ4n) is 6.17. The molecule has 0 unspecified atom stereocenters. The molecule has 0 fully saturated rings. The molecule has 0 bridgehead atoms. The largest absolute Gasteiger partial charge is 0.869 e. The summed E-state index contributed by atoms with van der Waals surface area (Å²) in [5.74, 6) is -33.7. The topological polar surface area (TPSA) is 359 Å². The number of carbonyl (C=O) groups excluding carboxylic acids is 6. The zero-order valence-corrected chi connectivity index (χ0v) is 66.1. The third-order valence-electron chi connectivity index (χ3n) is 14.0. The number of nitrogens with zero attached hydrogens (tertiary/aromatic N) is 6. The average molecular weight is 2140 g/mol. The fourth-order valence-corrected chi connectivity index (χ4v) is 6.17. The average Bonchev–Trinajstić information content (AvgIpc) is 1.58. The minimum Gasteiger partial charge on any atom is -0.869 e. The number of hydroxylamine groups is 2. The zero-order valence-electron chi connectivity index (χ0n) is 61.8. The number of alkyl halides is 36. The Morgan fingerprint density at radius 1 is 0.295 bits per heavy atom. The number of aromatic nitrogens is 2. The molecule has 2 radical (unpaired) electrons. The van der Waals surface area contributed by atoms with Crippen LogP contribution in [-0.2, 0) is 28.8 Å². The van der Waals surface area contributed by atoms with E-state index in [4.69, 9.17) is 0 Å². The summed E-state index contributed by atoms with van der Waals surface area (Å²) in [6.07, 6.45) is -60.0. The molecular weight excluding hydrogens is 2090 g/mol. The molecule has 0 aliphatic carbocycles. The Bertz CT molecular complexity index is 3560. The molecule has 0 saturated carbocycles. The van der Waals surface area contributed by atoms with Gasteiger partial charge in [0.25, 0.3) is 45.8 Å². The third kappa shape index (κ3) is 44.9. The van der Waals surface area contributed by atoms with Gasteiger partial charge >= 0.3 is 85.8 Å². The SMILES string of the molecule is CC1(C)[N+](=O)C(c2ccccn2)=[N+]([O-])C1(C)C.CC1(C)[N+](=O)C(c2ccccn2)=[N+]([O-])C1(C)C.CCCCCCCC.O=C(/C=C(\[O-])C(F)(F)F)C(F)(F)F.O=C(/C=C(\[O-])C(F)(F)F)C(F)(F)F.O=C(/C=C(\[O-])C(F)(F)F)C(F)(F)F.O=C(/C=C(\[O-])C(F)(F)F)C(F)(F)F.O=C(/C=C(\[O-])C(F)(F)F)C(F)(F)F.O=C(/C=C(\[O-])C(F)(F)F)C(F)(F)F.[Tb].[Tb]. The van der Waals surface area contributed by atoms with Gasteiger partial charge in [0.1, 0.15) is 9.52 Å². The monoisotopic (exact) mass is 2140 g/mol. The number of carbonyl (C=O) groups is 6. The van der Waals surface area contributed by atoms with Crippen molar-refractivity contribution >= 4 is 46.4 Å². The number of halogens is 36. The van der Waals surface area contributed by atoms with Crippen molar-refractivity contribution in [3.05, 3.63) is 151 Å². The van der Waals surface area contributed by atoms with Crippen molar-refractivity contribution in [2.75, 3.05) is 0 Å². The van der Waals surface area contributed by atoms with Crippen LogP contribution in [0.3, 0.4) is 0 Å². The Kier molecular flexibility index (Phi) is 50.8. The molecule has 0 N–H and O–H groups in total. The van der Waals surface area contributed by atoms with E-state index in [1.165, 1.54) is 38.5 Å². The van der Waals surface area contributed by atoms with Gasteiger partial charge in [0.2, 0.25) is 22.5 Å². The molecule has 2 aliphatic rings. The summed E-state index contributed by atoms with van der Waals surface area (Å²) in [6.45, 7) is 18.6. The van der Waals surface area contributed by atoms with Crippen LogP contribution in [0.1, 0.15) is 119 Å². The zero-order chi connectivity index (χ0) is 97.1. The first kappa shape index (κ1) is 127. The van der Waals surface area contributed by atoms with Gasteiger partial charge in [-0.1, -0.05) is 64.5 Å². The van der Waals surface area contributed by atoms with E-state index in [1.807, 2.05) is 0 Å². The minimum absolute atomic E-state index is 0. The van der Waals surface area contributed by atoms with Crippen molar-refractivity contribution in [1.82, 2.24) is 9.97 Å². The van der Waals surface area contributed by atoms with Crippen LogP contribution in [0, 0.1) is 97.5 Å². The van der Waals surface area contributed by atoms with Crippen molar-refractivity contribution in [2.24, 2.45) is 0 Å². The third-order valence-corrected chi connectivity index (χ3v) is 14.0. The molecular formula is C62H56F36N6O16Tb2-4. The molecule has 0 amide bonds. The quantitative estimate of drug-likeness (QED) is 0.0449. The maximum atomic E-state index is 12.3. The number of hydrogen-bond donors (Lipinski definition) is 0. The molecule has 22 nitrogen and oxygen atoms in total. The van der Waals surface area contributed by atoms with Crippen LogP contribution in [0.15, 0.2) is 120 Å². The molecule has 0 saturated heterocycles. The van der Waals surface area contributed by atoms with Gasteiger partial charge in [-0.2, -0.15) is 158 Å². The number of rotatable bonds is 13. The number of nitroso groups, excluding NO2 is 2. The van der Waals surface area contributed by atoms with Gasteiger partial charge in [-0.3, -0.25) is 28.8 Å². The standard InChI is InChI=1S/2C12H16N3O2.C8H18.6C5H2F6O2.2Tb/c2*1-11(2)12(3,4)15(17)10(14(11)16)9-7-5-6-8-13-9;1-3-5-7-8-6-4-2;6*6-4(7,8)2(12)1-3(13)5(9,10)11;;/h2*5-8H,1-4H3;3-8H2,1-2H3;6*1,12H;;/q2*+1;;;;;;;;;/p-6/b;;;6*2-1-;;. The summed E-state index contributed by atoms with van der Waals surface area (Å²) in [7, 11) is 0. The molecule has 0 atom stereocenters. The van der Waals surface area contributed by atoms with E-state index in [2.05, 4.69) is 23.8 Å². The van der Waals surface area contributed by atoms with Crippen LogP contribution in [0.4, 0.5) is 158 Å². The van der Waals surface area contributed by atoms with Crippen molar-refractivity contribution in [2.45, 2.75) is 204 Å². The van der Waals surface area contributed by atoms with Crippen molar-refractivity contribution in [1.29, 1.82) is 0 Å². The second-order valence-corrected chi connectivity index (χ2v) is 24.1. The molecule has 122 heavy (non-hydrogen) atoms. The molecule has 2 aromatic heterocycles.